The first-order valence-corrected chi connectivity index (χ1v) is 7.03. The smallest absolute Gasteiger partial charge is 0.146 e. The number of pyridine rings is 1. The molecule has 1 aliphatic rings. The number of hydrogen-bond donors (Lipinski definition) is 0. The van der Waals surface area contributed by atoms with E-state index in [1.54, 1.807) is 6.20 Å². The molecule has 0 saturated carbocycles. The molecule has 0 atom stereocenters. The second-order valence-corrected chi connectivity index (χ2v) is 5.50. The van der Waals surface area contributed by atoms with E-state index in [0.717, 1.165) is 37.9 Å². The van der Waals surface area contributed by atoms with Crippen molar-refractivity contribution in [3.05, 3.63) is 23.9 Å². The lowest BCUT2D eigenvalue weighted by Crippen LogP contribution is -2.47. The van der Waals surface area contributed by atoms with Crippen molar-refractivity contribution >= 4 is 5.82 Å². The number of piperazine rings is 1. The standard InChI is InChI=1S/C15H22N4/c1-13(2)5-7-18-8-10-19(11-9-18)15-14(12-16)4-3-6-17-15/h3-4,6,13H,5,7-11H2,1-2H3. The molecule has 0 aromatic carbocycles. The molecule has 1 fully saturated rings. The Balaban J connectivity index is 1.91. The maximum absolute atomic E-state index is 9.12. The lowest BCUT2D eigenvalue weighted by atomic mass is 10.1. The van der Waals surface area contributed by atoms with Crippen LogP contribution in [-0.2, 0) is 0 Å². The minimum absolute atomic E-state index is 0.679. The monoisotopic (exact) mass is 258 g/mol. The Morgan fingerprint density at radius 3 is 2.68 bits per heavy atom. The molecule has 4 nitrogen and oxygen atoms in total. The van der Waals surface area contributed by atoms with Crippen molar-refractivity contribution in [1.29, 1.82) is 5.26 Å². The minimum Gasteiger partial charge on any atom is -0.353 e. The highest BCUT2D eigenvalue weighted by Crippen LogP contribution is 2.18. The van der Waals surface area contributed by atoms with Crippen LogP contribution in [0.25, 0.3) is 0 Å². The third-order valence-electron chi connectivity index (χ3n) is 3.60. The van der Waals surface area contributed by atoms with Crippen molar-refractivity contribution in [2.45, 2.75) is 20.3 Å². The van der Waals surface area contributed by atoms with E-state index < -0.39 is 0 Å². The van der Waals surface area contributed by atoms with E-state index in [-0.39, 0.29) is 0 Å². The fourth-order valence-corrected chi connectivity index (χ4v) is 2.36. The molecule has 0 aliphatic carbocycles. The highest BCUT2D eigenvalue weighted by atomic mass is 15.3. The van der Waals surface area contributed by atoms with Crippen molar-refractivity contribution < 1.29 is 0 Å². The van der Waals surface area contributed by atoms with E-state index in [0.29, 0.717) is 5.56 Å². The molecule has 2 rings (SSSR count). The van der Waals surface area contributed by atoms with Gasteiger partial charge < -0.3 is 4.90 Å². The van der Waals surface area contributed by atoms with E-state index in [9.17, 15) is 0 Å². The second-order valence-electron chi connectivity index (χ2n) is 5.50. The largest absolute Gasteiger partial charge is 0.353 e. The molecular formula is C15H22N4. The molecule has 1 saturated heterocycles. The number of nitriles is 1. The summed E-state index contributed by atoms with van der Waals surface area (Å²) in [4.78, 5) is 9.09. The summed E-state index contributed by atoms with van der Waals surface area (Å²) in [6, 6.07) is 5.89. The molecule has 1 aliphatic heterocycles. The molecule has 102 valence electrons. The van der Waals surface area contributed by atoms with Gasteiger partial charge in [-0.25, -0.2) is 4.98 Å². The van der Waals surface area contributed by atoms with Crippen LogP contribution in [0.2, 0.25) is 0 Å². The number of hydrogen-bond acceptors (Lipinski definition) is 4. The molecule has 19 heavy (non-hydrogen) atoms. The van der Waals surface area contributed by atoms with Gasteiger partial charge in [-0.15, -0.1) is 0 Å². The normalized spacial score (nSPS) is 16.6. The van der Waals surface area contributed by atoms with Crippen molar-refractivity contribution in [3.63, 3.8) is 0 Å². The molecule has 0 N–H and O–H groups in total. The van der Waals surface area contributed by atoms with Gasteiger partial charge in [0.05, 0.1) is 5.56 Å². The summed E-state index contributed by atoms with van der Waals surface area (Å²) in [6.07, 6.45) is 3.02. The maximum atomic E-state index is 9.12. The molecule has 0 bridgehead atoms. The van der Waals surface area contributed by atoms with Crippen LogP contribution < -0.4 is 4.90 Å². The summed E-state index contributed by atoms with van der Waals surface area (Å²) in [5, 5.41) is 9.12. The SMILES string of the molecule is CC(C)CCN1CCN(c2ncccc2C#N)CC1. The van der Waals surface area contributed by atoms with Gasteiger partial charge in [0, 0.05) is 32.4 Å². The fraction of sp³-hybridized carbons (Fsp3) is 0.600. The Kier molecular flexibility index (Phi) is 4.75. The van der Waals surface area contributed by atoms with Gasteiger partial charge in [-0.3, -0.25) is 4.90 Å². The van der Waals surface area contributed by atoms with Crippen LogP contribution in [0.4, 0.5) is 5.82 Å². The van der Waals surface area contributed by atoms with Gasteiger partial charge in [-0.1, -0.05) is 13.8 Å². The molecule has 0 amide bonds. The van der Waals surface area contributed by atoms with Crippen LogP contribution in [-0.4, -0.2) is 42.6 Å². The summed E-state index contributed by atoms with van der Waals surface area (Å²) in [7, 11) is 0. The highest BCUT2D eigenvalue weighted by Gasteiger charge is 2.19. The maximum Gasteiger partial charge on any atom is 0.146 e. The van der Waals surface area contributed by atoms with Crippen molar-refractivity contribution in [2.75, 3.05) is 37.6 Å². The third-order valence-corrected chi connectivity index (χ3v) is 3.60. The average Bonchev–Trinajstić information content (AvgIpc) is 2.45. The lowest BCUT2D eigenvalue weighted by molar-refractivity contribution is 0.243. The van der Waals surface area contributed by atoms with E-state index in [4.69, 9.17) is 5.26 Å². The molecular weight excluding hydrogens is 236 g/mol. The fourth-order valence-electron chi connectivity index (χ4n) is 2.36. The minimum atomic E-state index is 0.679. The van der Waals surface area contributed by atoms with Gasteiger partial charge >= 0.3 is 0 Å². The lowest BCUT2D eigenvalue weighted by Gasteiger charge is -2.35. The summed E-state index contributed by atoms with van der Waals surface area (Å²) >= 11 is 0. The van der Waals surface area contributed by atoms with Crippen LogP contribution in [0, 0.1) is 17.2 Å². The zero-order valence-corrected chi connectivity index (χ0v) is 11.8. The summed E-state index contributed by atoms with van der Waals surface area (Å²) in [5.74, 6) is 1.60. The second kappa shape index (κ2) is 6.53. The van der Waals surface area contributed by atoms with Gasteiger partial charge in [0.1, 0.15) is 11.9 Å². The van der Waals surface area contributed by atoms with Gasteiger partial charge in [-0.05, 0) is 31.0 Å². The third kappa shape index (κ3) is 3.68. The van der Waals surface area contributed by atoms with Crippen molar-refractivity contribution in [2.24, 2.45) is 5.92 Å². The molecule has 0 radical (unpaired) electrons. The Bertz CT molecular complexity index is 442. The van der Waals surface area contributed by atoms with E-state index in [1.165, 1.54) is 13.0 Å². The first kappa shape index (κ1) is 13.8. The summed E-state index contributed by atoms with van der Waals surface area (Å²) in [5.41, 5.74) is 0.679. The zero-order valence-electron chi connectivity index (χ0n) is 11.8. The molecule has 4 heteroatoms. The van der Waals surface area contributed by atoms with Crippen molar-refractivity contribution in [3.8, 4) is 6.07 Å². The topological polar surface area (TPSA) is 43.2 Å². The van der Waals surface area contributed by atoms with Crippen LogP contribution in [0.1, 0.15) is 25.8 Å². The first-order chi connectivity index (χ1) is 9.20. The first-order valence-electron chi connectivity index (χ1n) is 7.03. The Morgan fingerprint density at radius 2 is 2.05 bits per heavy atom. The van der Waals surface area contributed by atoms with Crippen LogP contribution in [0.3, 0.4) is 0 Å². The number of aromatic nitrogens is 1. The molecule has 0 spiro atoms. The number of rotatable bonds is 4. The van der Waals surface area contributed by atoms with E-state index in [2.05, 4.69) is 34.7 Å². The van der Waals surface area contributed by atoms with Gasteiger partial charge in [0.2, 0.25) is 0 Å². The van der Waals surface area contributed by atoms with Gasteiger partial charge in [0.15, 0.2) is 0 Å². The predicted octanol–water partition coefficient (Wildman–Crippen LogP) is 2.12. The van der Waals surface area contributed by atoms with E-state index >= 15 is 0 Å². The number of anilines is 1. The molecule has 1 aromatic rings. The Morgan fingerprint density at radius 1 is 1.32 bits per heavy atom. The Labute approximate surface area is 115 Å². The van der Waals surface area contributed by atoms with Crippen LogP contribution >= 0.6 is 0 Å². The Hall–Kier alpha value is -1.60. The highest BCUT2D eigenvalue weighted by molar-refractivity contribution is 5.53. The number of nitrogens with zero attached hydrogens (tertiary/aromatic N) is 4. The molecule has 1 aromatic heterocycles. The molecule has 0 unspecified atom stereocenters. The van der Waals surface area contributed by atoms with Crippen molar-refractivity contribution in [1.82, 2.24) is 9.88 Å². The van der Waals surface area contributed by atoms with Gasteiger partial charge in [-0.2, -0.15) is 5.26 Å². The average molecular weight is 258 g/mol. The van der Waals surface area contributed by atoms with E-state index in [1.807, 2.05) is 12.1 Å². The predicted molar refractivity (Wildman–Crippen MR) is 77.1 cm³/mol. The summed E-state index contributed by atoms with van der Waals surface area (Å²) in [6.45, 7) is 9.77. The summed E-state index contributed by atoms with van der Waals surface area (Å²) < 4.78 is 0. The molecule has 2 heterocycles. The quantitative estimate of drug-likeness (QED) is 0.829. The van der Waals surface area contributed by atoms with Crippen LogP contribution in [0.15, 0.2) is 18.3 Å². The van der Waals surface area contributed by atoms with Crippen LogP contribution in [0.5, 0.6) is 0 Å². The van der Waals surface area contributed by atoms with Gasteiger partial charge in [0.25, 0.3) is 0 Å². The zero-order chi connectivity index (χ0) is 13.7.